The molecule has 3 heterocycles. The number of methoxy groups -OCH3 is 3. The molecule has 9 nitrogen and oxygen atoms in total. The van der Waals surface area contributed by atoms with Crippen LogP contribution in [0.2, 0.25) is 0 Å². The predicted molar refractivity (Wildman–Crippen MR) is 186 cm³/mol. The van der Waals surface area contributed by atoms with E-state index in [2.05, 4.69) is 11.0 Å². The fraction of sp³-hybridized carbons (Fsp3) is 0.325. The zero-order chi connectivity index (χ0) is 34.4. The van der Waals surface area contributed by atoms with Crippen LogP contribution in [0.5, 0.6) is 28.7 Å². The van der Waals surface area contributed by atoms with Gasteiger partial charge in [-0.25, -0.2) is 0 Å². The molecule has 0 unspecified atom stereocenters. The van der Waals surface area contributed by atoms with Crippen molar-refractivity contribution >= 4 is 12.0 Å². The molecule has 9 heteroatoms. The Bertz CT molecular complexity index is 1930. The van der Waals surface area contributed by atoms with Crippen molar-refractivity contribution in [2.24, 2.45) is 0 Å². The molecule has 0 aliphatic carbocycles. The van der Waals surface area contributed by atoms with Crippen LogP contribution in [0.4, 0.5) is 0 Å². The third-order valence-corrected chi connectivity index (χ3v) is 10.1. The number of fused-ring (bicyclic) bond motifs is 7. The maximum absolute atomic E-state index is 14.8. The van der Waals surface area contributed by atoms with Gasteiger partial charge in [0.15, 0.2) is 23.0 Å². The fourth-order valence-corrected chi connectivity index (χ4v) is 7.92. The number of phenolic OH excluding ortho intramolecular Hbond substituents is 1. The van der Waals surface area contributed by atoms with Gasteiger partial charge in [-0.15, -0.1) is 0 Å². The summed E-state index contributed by atoms with van der Waals surface area (Å²) in [5.41, 5.74) is 8.04. The Morgan fingerprint density at radius 1 is 0.796 bits per heavy atom. The number of nitrogens with zero attached hydrogens (tertiary/aromatic N) is 2. The summed E-state index contributed by atoms with van der Waals surface area (Å²) in [5.74, 6) is 2.22. The number of benzene rings is 4. The number of aromatic hydroxyl groups is 1. The topological polar surface area (TPSA) is 89.9 Å². The van der Waals surface area contributed by atoms with E-state index in [1.54, 1.807) is 27.4 Å². The smallest absolute Gasteiger partial charge is 0.245 e. The lowest BCUT2D eigenvalue weighted by atomic mass is 9.77. The highest BCUT2D eigenvalue weighted by Crippen LogP contribution is 2.57. The van der Waals surface area contributed by atoms with Gasteiger partial charge in [0, 0.05) is 28.0 Å². The molecule has 1 saturated heterocycles. The summed E-state index contributed by atoms with van der Waals surface area (Å²) in [5, 5.41) is 10.8. The van der Waals surface area contributed by atoms with Crippen molar-refractivity contribution in [3.05, 3.63) is 117 Å². The Kier molecular flexibility index (Phi) is 8.73. The molecular weight excluding hydrogens is 620 g/mol. The third-order valence-electron chi connectivity index (χ3n) is 10.1. The highest BCUT2D eigenvalue weighted by atomic mass is 16.5. The van der Waals surface area contributed by atoms with Gasteiger partial charge in [0.05, 0.1) is 52.7 Å². The Morgan fingerprint density at radius 3 is 2.06 bits per heavy atom. The quantitative estimate of drug-likeness (QED) is 0.202. The van der Waals surface area contributed by atoms with Crippen molar-refractivity contribution in [3.8, 4) is 28.7 Å². The first-order chi connectivity index (χ1) is 23.8. The molecule has 4 aromatic carbocycles. The molecule has 254 valence electrons. The Morgan fingerprint density at radius 2 is 1.43 bits per heavy atom. The zero-order valence-corrected chi connectivity index (χ0v) is 28.8. The number of rotatable bonds is 10. The highest BCUT2D eigenvalue weighted by molar-refractivity contribution is 5.91. The number of phenols is 1. The summed E-state index contributed by atoms with van der Waals surface area (Å²) in [7, 11) is 6.84. The predicted octanol–water partition coefficient (Wildman–Crippen LogP) is 6.67. The summed E-state index contributed by atoms with van der Waals surface area (Å²) in [6.45, 7) is 4.81. The van der Waals surface area contributed by atoms with E-state index < -0.39 is 12.1 Å². The summed E-state index contributed by atoms with van der Waals surface area (Å²) in [6.07, 6.45) is 2.51. The van der Waals surface area contributed by atoms with E-state index in [9.17, 15) is 9.90 Å². The van der Waals surface area contributed by atoms with Gasteiger partial charge in [0.25, 0.3) is 0 Å². The Hall–Kier alpha value is -4.99. The second kappa shape index (κ2) is 13.1. The van der Waals surface area contributed by atoms with Crippen molar-refractivity contribution in [3.63, 3.8) is 0 Å². The number of piperazine rings is 1. The monoisotopic (exact) mass is 662 g/mol. The molecule has 1 N–H and O–H groups in total. The molecule has 1 amide bonds. The van der Waals surface area contributed by atoms with Crippen molar-refractivity contribution < 1.29 is 33.6 Å². The molecular formula is C40H42N2O7. The fourth-order valence-electron chi connectivity index (χ4n) is 7.92. The van der Waals surface area contributed by atoms with Gasteiger partial charge in [0.2, 0.25) is 5.91 Å². The maximum Gasteiger partial charge on any atom is 0.245 e. The first kappa shape index (κ1) is 32.6. The molecule has 0 radical (unpaired) electrons. The molecule has 3 aliphatic heterocycles. The molecule has 4 aromatic rings. The number of hydrogen-bond acceptors (Lipinski definition) is 8. The van der Waals surface area contributed by atoms with E-state index in [0.717, 1.165) is 50.2 Å². The minimum Gasteiger partial charge on any atom is -0.504 e. The van der Waals surface area contributed by atoms with Gasteiger partial charge in [-0.3, -0.25) is 9.69 Å². The molecule has 0 spiro atoms. The summed E-state index contributed by atoms with van der Waals surface area (Å²) in [6, 6.07) is 20.4. The van der Waals surface area contributed by atoms with Crippen LogP contribution in [0, 0.1) is 13.8 Å². The number of likely N-dealkylation sites (N-methyl/N-ethyl adjacent to an activating group) is 1. The molecule has 1 fully saturated rings. The van der Waals surface area contributed by atoms with E-state index in [4.69, 9.17) is 23.7 Å². The van der Waals surface area contributed by atoms with Crippen LogP contribution in [-0.2, 0) is 29.2 Å². The average molecular weight is 663 g/mol. The molecule has 3 atom stereocenters. The van der Waals surface area contributed by atoms with E-state index >= 15 is 0 Å². The van der Waals surface area contributed by atoms with Crippen LogP contribution in [0.15, 0.2) is 72.4 Å². The van der Waals surface area contributed by atoms with Crippen LogP contribution in [0.3, 0.4) is 0 Å². The minimum atomic E-state index is -0.556. The SMILES string of the molecule is COc1c(O)cc2c(c1C)[C@@H]1C3=Cc4c(OC)c(C)c(OC)c(OCc5ccccc5)c4[C@H](COCc4ccccc4)N3C(=O)[C@H](C2)N1C. The Labute approximate surface area is 287 Å². The minimum absolute atomic E-state index is 0.0462. The second-order valence-electron chi connectivity index (χ2n) is 12.8. The van der Waals surface area contributed by atoms with Crippen molar-refractivity contribution in [1.82, 2.24) is 9.80 Å². The van der Waals surface area contributed by atoms with E-state index in [1.807, 2.05) is 86.5 Å². The summed E-state index contributed by atoms with van der Waals surface area (Å²) < 4.78 is 31.0. The first-order valence-electron chi connectivity index (χ1n) is 16.5. The van der Waals surface area contributed by atoms with Gasteiger partial charge >= 0.3 is 0 Å². The van der Waals surface area contributed by atoms with Crippen LogP contribution >= 0.6 is 0 Å². The van der Waals surface area contributed by atoms with Crippen LogP contribution in [0.1, 0.15) is 56.6 Å². The lowest BCUT2D eigenvalue weighted by Gasteiger charge is -2.53. The van der Waals surface area contributed by atoms with Crippen molar-refractivity contribution in [2.45, 2.75) is 51.6 Å². The molecule has 2 bridgehead atoms. The first-order valence-corrected chi connectivity index (χ1v) is 16.5. The van der Waals surface area contributed by atoms with Gasteiger partial charge in [-0.1, -0.05) is 60.7 Å². The van der Waals surface area contributed by atoms with Crippen LogP contribution in [-0.4, -0.2) is 61.8 Å². The standard InChI is InChI=1S/C40H42N2O7/c1-23-33-27(18-32(43)37(23)46-5)17-30-40(44)42-29(35(33)41(30)3)19-28-34(31(42)22-48-20-25-13-9-7-10-14-25)39(38(47-6)24(2)36(28)45-4)49-21-26-15-11-8-12-16-26/h7-16,18-19,30-31,35,43H,17,20-22H2,1-6H3/t30-,31-,35-/m0/s1. The molecule has 3 aliphatic rings. The number of ether oxygens (including phenoxy) is 5. The molecule has 7 rings (SSSR count). The number of carbonyl (C=O) groups is 1. The lowest BCUT2D eigenvalue weighted by molar-refractivity contribution is -0.145. The summed E-state index contributed by atoms with van der Waals surface area (Å²) >= 11 is 0. The van der Waals surface area contributed by atoms with Gasteiger partial charge in [-0.05, 0) is 61.7 Å². The van der Waals surface area contributed by atoms with E-state index in [0.29, 0.717) is 42.6 Å². The van der Waals surface area contributed by atoms with Crippen LogP contribution < -0.4 is 18.9 Å². The number of amides is 1. The van der Waals surface area contributed by atoms with Gasteiger partial charge < -0.3 is 33.7 Å². The van der Waals surface area contributed by atoms with E-state index in [-0.39, 0.29) is 24.3 Å². The molecule has 49 heavy (non-hydrogen) atoms. The highest BCUT2D eigenvalue weighted by Gasteiger charge is 2.52. The third kappa shape index (κ3) is 5.37. The Balaban J connectivity index is 1.45. The van der Waals surface area contributed by atoms with Crippen molar-refractivity contribution in [2.75, 3.05) is 35.0 Å². The average Bonchev–Trinajstić information content (AvgIpc) is 3.10. The second-order valence-corrected chi connectivity index (χ2v) is 12.8. The van der Waals surface area contributed by atoms with Gasteiger partial charge in [0.1, 0.15) is 12.4 Å². The van der Waals surface area contributed by atoms with Crippen molar-refractivity contribution in [1.29, 1.82) is 0 Å². The number of carbonyl (C=O) groups excluding carboxylic acids is 1. The largest absolute Gasteiger partial charge is 0.504 e. The van der Waals surface area contributed by atoms with E-state index in [1.165, 1.54) is 0 Å². The zero-order valence-electron chi connectivity index (χ0n) is 28.8. The maximum atomic E-state index is 14.8. The number of hydrogen-bond donors (Lipinski definition) is 1. The summed E-state index contributed by atoms with van der Waals surface area (Å²) in [4.78, 5) is 18.8. The molecule has 0 aromatic heterocycles. The van der Waals surface area contributed by atoms with Crippen LogP contribution in [0.25, 0.3) is 6.08 Å². The lowest BCUT2D eigenvalue weighted by Crippen LogP contribution is -2.60. The van der Waals surface area contributed by atoms with Gasteiger partial charge in [-0.2, -0.15) is 0 Å². The normalized spacial score (nSPS) is 19.4. The molecule has 0 saturated carbocycles.